The van der Waals surface area contributed by atoms with E-state index in [0.717, 1.165) is 85.1 Å². The highest BCUT2D eigenvalue weighted by Gasteiger charge is 2.25. The summed E-state index contributed by atoms with van der Waals surface area (Å²) < 4.78 is 19.1. The number of aryl methyl sites for hydroxylation is 2. The van der Waals surface area contributed by atoms with E-state index in [2.05, 4.69) is 4.90 Å². The summed E-state index contributed by atoms with van der Waals surface area (Å²) in [6.07, 6.45) is 6.51. The highest BCUT2D eigenvalue weighted by Crippen LogP contribution is 2.34. The van der Waals surface area contributed by atoms with Gasteiger partial charge < -0.3 is 19.1 Å². The minimum atomic E-state index is 0.0381. The van der Waals surface area contributed by atoms with Gasteiger partial charge in [0.1, 0.15) is 30.9 Å². The Morgan fingerprint density at radius 1 is 1.06 bits per heavy atom. The zero-order chi connectivity index (χ0) is 21.7. The Kier molecular flexibility index (Phi) is 4.66. The van der Waals surface area contributed by atoms with Gasteiger partial charge in [-0.3, -0.25) is 9.20 Å². The van der Waals surface area contributed by atoms with Crippen LogP contribution in [-0.2, 0) is 12.8 Å². The summed E-state index contributed by atoms with van der Waals surface area (Å²) in [5, 5.41) is 0. The van der Waals surface area contributed by atoms with E-state index < -0.39 is 0 Å². The van der Waals surface area contributed by atoms with Crippen LogP contribution in [0, 0.1) is 6.92 Å². The molecule has 0 unspecified atom stereocenters. The van der Waals surface area contributed by atoms with Crippen molar-refractivity contribution < 1.29 is 14.2 Å². The van der Waals surface area contributed by atoms with Gasteiger partial charge in [0, 0.05) is 49.3 Å². The van der Waals surface area contributed by atoms with Crippen molar-refractivity contribution in [2.75, 3.05) is 31.2 Å². The van der Waals surface area contributed by atoms with Crippen molar-refractivity contribution in [1.29, 1.82) is 0 Å². The van der Waals surface area contributed by atoms with Gasteiger partial charge in [0.15, 0.2) is 11.5 Å². The van der Waals surface area contributed by atoms with E-state index in [-0.39, 0.29) is 11.7 Å². The van der Waals surface area contributed by atoms with Crippen LogP contribution in [0.3, 0.4) is 0 Å². The van der Waals surface area contributed by atoms with Crippen LogP contribution >= 0.6 is 0 Å². The molecule has 0 N–H and O–H groups in total. The Morgan fingerprint density at radius 3 is 2.72 bits per heavy atom. The van der Waals surface area contributed by atoms with Gasteiger partial charge in [-0.05, 0) is 38.3 Å². The van der Waals surface area contributed by atoms with Gasteiger partial charge in [-0.1, -0.05) is 0 Å². The fraction of sp³-hybridized carbons (Fsp3) is 0.458. The molecule has 0 saturated carbocycles. The van der Waals surface area contributed by atoms with Crippen molar-refractivity contribution in [2.24, 2.45) is 0 Å². The molecule has 1 fully saturated rings. The largest absolute Gasteiger partial charge is 0.490 e. The third-order valence-corrected chi connectivity index (χ3v) is 6.56. The lowest BCUT2D eigenvalue weighted by atomic mass is 10.1. The van der Waals surface area contributed by atoms with Crippen LogP contribution in [0.15, 0.2) is 29.2 Å². The number of anilines is 1. The first kappa shape index (κ1) is 19.4. The average molecular weight is 434 g/mol. The maximum absolute atomic E-state index is 12.8. The fourth-order valence-electron chi connectivity index (χ4n) is 4.92. The molecule has 0 spiro atoms. The first-order chi connectivity index (χ1) is 15.7. The lowest BCUT2D eigenvalue weighted by Crippen LogP contribution is -2.39. The fourth-order valence-corrected chi connectivity index (χ4v) is 4.92. The predicted molar refractivity (Wildman–Crippen MR) is 119 cm³/mol. The van der Waals surface area contributed by atoms with E-state index in [1.807, 2.05) is 31.3 Å². The minimum absolute atomic E-state index is 0.0381. The molecule has 3 aromatic rings. The van der Waals surface area contributed by atoms with Gasteiger partial charge in [-0.2, -0.15) is 4.98 Å². The van der Waals surface area contributed by atoms with Gasteiger partial charge in [-0.15, -0.1) is 0 Å². The predicted octanol–water partition coefficient (Wildman–Crippen LogP) is 2.71. The average Bonchev–Trinajstić information content (AvgIpc) is 3.29. The number of piperidine rings is 1. The normalized spacial score (nSPS) is 18.1. The molecule has 0 atom stereocenters. The smallest absolute Gasteiger partial charge is 0.262 e. The van der Waals surface area contributed by atoms with E-state index in [1.165, 1.54) is 0 Å². The van der Waals surface area contributed by atoms with Gasteiger partial charge in [0.25, 0.3) is 5.56 Å². The second-order valence-corrected chi connectivity index (χ2v) is 8.72. The Hall–Kier alpha value is -3.29. The van der Waals surface area contributed by atoms with Gasteiger partial charge in [-0.25, -0.2) is 4.98 Å². The number of hydrogen-bond acceptors (Lipinski definition) is 7. The number of rotatable bonds is 3. The molecular weight excluding hydrogens is 408 g/mol. The topological polar surface area (TPSA) is 78.2 Å². The van der Waals surface area contributed by atoms with Crippen LogP contribution in [0.2, 0.25) is 0 Å². The van der Waals surface area contributed by atoms with Gasteiger partial charge in [0.05, 0.1) is 5.69 Å². The van der Waals surface area contributed by atoms with Crippen molar-refractivity contribution in [3.63, 3.8) is 0 Å². The van der Waals surface area contributed by atoms with Crippen molar-refractivity contribution in [3.05, 3.63) is 51.6 Å². The molecule has 0 amide bonds. The SMILES string of the molecule is Cc1cn2c(=O)c3c(nc2nc1N1CCC(Oc2ccc4c(c2)OCCO4)CC1)CCC3. The lowest BCUT2D eigenvalue weighted by Gasteiger charge is -2.34. The summed E-state index contributed by atoms with van der Waals surface area (Å²) >= 11 is 0. The molecule has 8 nitrogen and oxygen atoms in total. The molecule has 6 rings (SSSR count). The number of hydrogen-bond donors (Lipinski definition) is 0. The molecule has 8 heteroatoms. The molecule has 166 valence electrons. The van der Waals surface area contributed by atoms with Crippen LogP contribution < -0.4 is 24.7 Å². The zero-order valence-corrected chi connectivity index (χ0v) is 18.2. The quantitative estimate of drug-likeness (QED) is 0.627. The van der Waals surface area contributed by atoms with Gasteiger partial charge >= 0.3 is 0 Å². The number of benzene rings is 1. The molecule has 1 aromatic carbocycles. The monoisotopic (exact) mass is 434 g/mol. The molecule has 2 aliphatic heterocycles. The van der Waals surface area contributed by atoms with Crippen LogP contribution in [-0.4, -0.2) is 46.8 Å². The first-order valence-electron chi connectivity index (χ1n) is 11.4. The van der Waals surface area contributed by atoms with Crippen molar-refractivity contribution in [1.82, 2.24) is 14.4 Å². The molecule has 0 bridgehead atoms. The summed E-state index contributed by atoms with van der Waals surface area (Å²) in [5.41, 5.74) is 2.80. The third-order valence-electron chi connectivity index (χ3n) is 6.56. The van der Waals surface area contributed by atoms with Crippen molar-refractivity contribution in [2.45, 2.75) is 45.1 Å². The van der Waals surface area contributed by atoms with E-state index in [0.29, 0.717) is 19.0 Å². The number of nitrogens with zero attached hydrogens (tertiary/aromatic N) is 4. The first-order valence-corrected chi connectivity index (χ1v) is 11.4. The summed E-state index contributed by atoms with van der Waals surface area (Å²) in [7, 11) is 0. The zero-order valence-electron chi connectivity index (χ0n) is 18.2. The van der Waals surface area contributed by atoms with E-state index in [4.69, 9.17) is 24.2 Å². The van der Waals surface area contributed by atoms with E-state index in [9.17, 15) is 4.79 Å². The highest BCUT2D eigenvalue weighted by atomic mass is 16.6. The summed E-state index contributed by atoms with van der Waals surface area (Å²) in [6, 6.07) is 5.77. The van der Waals surface area contributed by atoms with E-state index in [1.54, 1.807) is 4.40 Å². The maximum atomic E-state index is 12.8. The molecular formula is C24H26N4O4. The van der Waals surface area contributed by atoms with Crippen LogP contribution in [0.25, 0.3) is 5.78 Å². The van der Waals surface area contributed by atoms with Crippen LogP contribution in [0.4, 0.5) is 5.82 Å². The molecule has 32 heavy (non-hydrogen) atoms. The Bertz CT molecular complexity index is 1250. The maximum Gasteiger partial charge on any atom is 0.262 e. The number of ether oxygens (including phenoxy) is 3. The summed E-state index contributed by atoms with van der Waals surface area (Å²) in [6.45, 7) is 4.85. The van der Waals surface area contributed by atoms with Crippen LogP contribution in [0.5, 0.6) is 17.2 Å². The van der Waals surface area contributed by atoms with Crippen molar-refractivity contribution >= 4 is 11.6 Å². The second-order valence-electron chi connectivity index (χ2n) is 8.72. The highest BCUT2D eigenvalue weighted by molar-refractivity contribution is 5.52. The van der Waals surface area contributed by atoms with Gasteiger partial charge in [0.2, 0.25) is 5.78 Å². The van der Waals surface area contributed by atoms with Crippen molar-refractivity contribution in [3.8, 4) is 17.2 Å². The Labute approximate surface area is 185 Å². The molecule has 1 saturated heterocycles. The standard InChI is InChI=1S/C24H26N4O4/c1-15-14-28-23(29)18-3-2-4-19(18)25-24(28)26-22(15)27-9-7-16(8-10-27)32-17-5-6-20-21(13-17)31-12-11-30-20/h5-6,13-14,16H,2-4,7-12H2,1H3. The molecule has 0 radical (unpaired) electrons. The van der Waals surface area contributed by atoms with Crippen LogP contribution in [0.1, 0.15) is 36.1 Å². The minimum Gasteiger partial charge on any atom is -0.490 e. The molecule has 3 aliphatic rings. The number of aromatic nitrogens is 3. The second kappa shape index (κ2) is 7.69. The van der Waals surface area contributed by atoms with E-state index >= 15 is 0 Å². The summed E-state index contributed by atoms with van der Waals surface area (Å²) in [5.74, 6) is 3.75. The molecule has 4 heterocycles. The molecule has 1 aliphatic carbocycles. The summed E-state index contributed by atoms with van der Waals surface area (Å²) in [4.78, 5) is 24.6. The Balaban J connectivity index is 1.18. The third kappa shape index (κ3) is 3.34. The Morgan fingerprint density at radius 2 is 1.88 bits per heavy atom. The molecule has 2 aromatic heterocycles. The lowest BCUT2D eigenvalue weighted by molar-refractivity contribution is 0.159. The number of fused-ring (bicyclic) bond motifs is 3.